The van der Waals surface area contributed by atoms with Crippen molar-refractivity contribution in [2.45, 2.75) is 20.3 Å². The maximum Gasteiger partial charge on any atom is 0.194 e. The van der Waals surface area contributed by atoms with Crippen molar-refractivity contribution in [2.24, 2.45) is 4.99 Å². The maximum atomic E-state index is 10.6. The lowest BCUT2D eigenvalue weighted by Gasteiger charge is -2.05. The fourth-order valence-corrected chi connectivity index (χ4v) is 0.955. The van der Waals surface area contributed by atoms with Crippen LogP contribution in [0.2, 0.25) is 0 Å². The molecule has 0 amide bonds. The molecule has 0 heterocycles. The zero-order valence-electron chi connectivity index (χ0n) is 10.9. The molecule has 3 heteroatoms. The van der Waals surface area contributed by atoms with Crippen LogP contribution in [0.1, 0.15) is 20.3 Å². The fourth-order valence-electron chi connectivity index (χ4n) is 0.955. The molecule has 96 valence electrons. The molecule has 0 unspecified atom stereocenters. The van der Waals surface area contributed by atoms with E-state index < -0.39 is 0 Å². The van der Waals surface area contributed by atoms with E-state index in [1.54, 1.807) is 43.5 Å². The molecule has 0 saturated carbocycles. The summed E-state index contributed by atoms with van der Waals surface area (Å²) < 4.78 is 5.43. The Bertz CT molecular complexity index is 412. The first-order valence-corrected chi connectivity index (χ1v) is 5.68. The lowest BCUT2D eigenvalue weighted by molar-refractivity contribution is -0.104. The minimum atomic E-state index is 0.434. The number of aliphatic imine (C=N–C) groups is 1. The minimum absolute atomic E-state index is 0.434. The lowest BCUT2D eigenvalue weighted by Crippen LogP contribution is -2.00. The first kappa shape index (κ1) is 15.8. The van der Waals surface area contributed by atoms with Crippen LogP contribution in [0, 0.1) is 0 Å². The van der Waals surface area contributed by atoms with Crippen LogP contribution >= 0.6 is 0 Å². The minimum Gasteiger partial charge on any atom is -0.444 e. The molecule has 3 nitrogen and oxygen atoms in total. The normalized spacial score (nSPS) is 13.0. The molecule has 0 aliphatic carbocycles. The van der Waals surface area contributed by atoms with Crippen LogP contribution in [0.15, 0.2) is 66.1 Å². The summed E-state index contributed by atoms with van der Waals surface area (Å²) in [5, 5.41) is 0. The third-order valence-electron chi connectivity index (χ3n) is 1.92. The SMILES string of the molecule is C=C/C=C\N=C(CC)OC(=C)/C=C\C(C=O)=C/C. The highest BCUT2D eigenvalue weighted by atomic mass is 16.5. The van der Waals surface area contributed by atoms with Crippen molar-refractivity contribution in [1.82, 2.24) is 0 Å². The van der Waals surface area contributed by atoms with Crippen molar-refractivity contribution >= 4 is 12.2 Å². The number of hydrogen-bond donors (Lipinski definition) is 0. The summed E-state index contributed by atoms with van der Waals surface area (Å²) in [6, 6.07) is 0. The quantitative estimate of drug-likeness (QED) is 0.171. The van der Waals surface area contributed by atoms with E-state index in [-0.39, 0.29) is 0 Å². The Morgan fingerprint density at radius 3 is 2.61 bits per heavy atom. The van der Waals surface area contributed by atoms with Crippen molar-refractivity contribution in [3.8, 4) is 0 Å². The lowest BCUT2D eigenvalue weighted by atomic mass is 10.2. The molecular formula is C15H19NO2. The van der Waals surface area contributed by atoms with Gasteiger partial charge in [-0.2, -0.15) is 0 Å². The van der Waals surface area contributed by atoms with E-state index in [2.05, 4.69) is 18.2 Å². The molecule has 0 fully saturated rings. The third kappa shape index (κ3) is 7.17. The smallest absolute Gasteiger partial charge is 0.194 e. The van der Waals surface area contributed by atoms with Gasteiger partial charge in [-0.15, -0.1) is 0 Å². The van der Waals surface area contributed by atoms with Crippen molar-refractivity contribution in [2.75, 3.05) is 0 Å². The van der Waals surface area contributed by atoms with E-state index in [0.29, 0.717) is 23.7 Å². The summed E-state index contributed by atoms with van der Waals surface area (Å²) in [7, 11) is 0. The Kier molecular flexibility index (Phi) is 8.82. The van der Waals surface area contributed by atoms with Gasteiger partial charge in [0.1, 0.15) is 12.0 Å². The molecule has 0 aromatic rings. The van der Waals surface area contributed by atoms with Crippen molar-refractivity contribution in [3.63, 3.8) is 0 Å². The topological polar surface area (TPSA) is 38.7 Å². The number of nitrogens with zero attached hydrogens (tertiary/aromatic N) is 1. The monoisotopic (exact) mass is 245 g/mol. The van der Waals surface area contributed by atoms with Gasteiger partial charge >= 0.3 is 0 Å². The second-order valence-corrected chi connectivity index (χ2v) is 3.26. The Morgan fingerprint density at radius 1 is 1.39 bits per heavy atom. The molecule has 0 aromatic carbocycles. The van der Waals surface area contributed by atoms with Gasteiger partial charge in [-0.05, 0) is 25.2 Å². The predicted molar refractivity (Wildman–Crippen MR) is 76.2 cm³/mol. The van der Waals surface area contributed by atoms with Gasteiger partial charge in [-0.25, -0.2) is 4.99 Å². The van der Waals surface area contributed by atoms with Crippen molar-refractivity contribution < 1.29 is 9.53 Å². The zero-order valence-corrected chi connectivity index (χ0v) is 10.9. The van der Waals surface area contributed by atoms with Gasteiger partial charge < -0.3 is 4.74 Å². The molecular weight excluding hydrogens is 226 g/mol. The number of ether oxygens (including phenoxy) is 1. The van der Waals surface area contributed by atoms with Gasteiger partial charge in [-0.3, -0.25) is 4.79 Å². The second kappa shape index (κ2) is 10.0. The molecule has 18 heavy (non-hydrogen) atoms. The van der Waals surface area contributed by atoms with E-state index in [1.165, 1.54) is 0 Å². The molecule has 0 aliphatic heterocycles. The van der Waals surface area contributed by atoms with Crippen LogP contribution in [0.3, 0.4) is 0 Å². The maximum absolute atomic E-state index is 10.6. The average molecular weight is 245 g/mol. The first-order valence-electron chi connectivity index (χ1n) is 5.68. The summed E-state index contributed by atoms with van der Waals surface area (Å²) in [4.78, 5) is 14.7. The summed E-state index contributed by atoms with van der Waals surface area (Å²) >= 11 is 0. The largest absolute Gasteiger partial charge is 0.444 e. The summed E-state index contributed by atoms with van der Waals surface area (Å²) in [6.07, 6.45) is 11.3. The molecule has 0 aromatic heterocycles. The van der Waals surface area contributed by atoms with Gasteiger partial charge in [0.05, 0.1) is 0 Å². The van der Waals surface area contributed by atoms with Gasteiger partial charge in [0.15, 0.2) is 5.90 Å². The highest BCUT2D eigenvalue weighted by Gasteiger charge is 1.97. The van der Waals surface area contributed by atoms with Crippen LogP contribution < -0.4 is 0 Å². The number of rotatable bonds is 7. The summed E-state index contributed by atoms with van der Waals surface area (Å²) in [6.45, 7) is 11.0. The van der Waals surface area contributed by atoms with Crippen molar-refractivity contribution in [1.29, 1.82) is 0 Å². The van der Waals surface area contributed by atoms with Crippen molar-refractivity contribution in [3.05, 3.63) is 61.1 Å². The van der Waals surface area contributed by atoms with Crippen LogP contribution in [0.5, 0.6) is 0 Å². The molecule has 0 radical (unpaired) electrons. The zero-order chi connectivity index (χ0) is 13.8. The highest BCUT2D eigenvalue weighted by molar-refractivity contribution is 5.79. The number of allylic oxidation sites excluding steroid dienone is 6. The van der Waals surface area contributed by atoms with Crippen LogP contribution in [0.25, 0.3) is 0 Å². The first-order chi connectivity index (χ1) is 8.67. The third-order valence-corrected chi connectivity index (χ3v) is 1.92. The molecule has 0 bridgehead atoms. The Labute approximate surface area is 109 Å². The van der Waals surface area contributed by atoms with E-state index >= 15 is 0 Å². The molecule has 0 aliphatic rings. The Hall–Kier alpha value is -2.16. The number of carbonyl (C=O) groups is 1. The summed E-state index contributed by atoms with van der Waals surface area (Å²) in [5.41, 5.74) is 0.571. The molecule has 0 atom stereocenters. The fraction of sp³-hybridized carbons (Fsp3) is 0.200. The molecule has 0 saturated heterocycles. The van der Waals surface area contributed by atoms with Gasteiger partial charge in [0, 0.05) is 18.2 Å². The van der Waals surface area contributed by atoms with Crippen LogP contribution in [0.4, 0.5) is 0 Å². The van der Waals surface area contributed by atoms with Gasteiger partial charge in [-0.1, -0.05) is 32.2 Å². The van der Waals surface area contributed by atoms with E-state index in [1.807, 2.05) is 6.92 Å². The number of carbonyl (C=O) groups excluding carboxylic acids is 1. The Balaban J connectivity index is 4.54. The van der Waals surface area contributed by atoms with Crippen LogP contribution in [-0.4, -0.2) is 12.2 Å². The van der Waals surface area contributed by atoms with E-state index in [4.69, 9.17) is 4.74 Å². The van der Waals surface area contributed by atoms with Gasteiger partial charge in [0.25, 0.3) is 0 Å². The molecule has 0 rings (SSSR count). The standard InChI is InChI=1S/C15H19NO2/c1-5-8-11-16-15(7-3)18-13(4)9-10-14(6-2)12-17/h5-6,8-12H,1,4,7H2,2-3H3/b10-9-,11-8-,14-6+,16-15?. The second-order valence-electron chi connectivity index (χ2n) is 3.26. The predicted octanol–water partition coefficient (Wildman–Crippen LogP) is 3.73. The molecule has 0 N–H and O–H groups in total. The van der Waals surface area contributed by atoms with Gasteiger partial charge in [0.2, 0.25) is 0 Å². The van der Waals surface area contributed by atoms with E-state index in [9.17, 15) is 4.79 Å². The number of hydrogen-bond acceptors (Lipinski definition) is 3. The Morgan fingerprint density at radius 2 is 2.11 bits per heavy atom. The average Bonchev–Trinajstić information content (AvgIpc) is 2.39. The highest BCUT2D eigenvalue weighted by Crippen LogP contribution is 2.03. The molecule has 0 spiro atoms. The summed E-state index contributed by atoms with van der Waals surface area (Å²) in [5.74, 6) is 0.986. The van der Waals surface area contributed by atoms with Crippen LogP contribution in [-0.2, 0) is 9.53 Å². The van der Waals surface area contributed by atoms with E-state index in [0.717, 1.165) is 6.29 Å². The number of aldehydes is 1.